The number of fused-ring (bicyclic) bond motifs is 3. The van der Waals surface area contributed by atoms with Gasteiger partial charge in [0.1, 0.15) is 0 Å². The maximum Gasteiger partial charge on any atom is 0.0467 e. The van der Waals surface area contributed by atoms with Crippen LogP contribution in [-0.4, -0.2) is 4.98 Å². The number of hydrogen-bond donors (Lipinski definition) is 1. The Morgan fingerprint density at radius 1 is 1.38 bits per heavy atom. The lowest BCUT2D eigenvalue weighted by molar-refractivity contribution is 0.992. The van der Waals surface area contributed by atoms with E-state index in [9.17, 15) is 0 Å². The smallest absolute Gasteiger partial charge is 0.0467 e. The Labute approximate surface area is 77.1 Å². The van der Waals surface area contributed by atoms with E-state index < -0.39 is 0 Å². The second kappa shape index (κ2) is 2.49. The number of hydrogen-bond acceptors (Lipinski definition) is 0. The zero-order valence-corrected chi connectivity index (χ0v) is 7.30. The third-order valence-electron chi connectivity index (χ3n) is 2.60. The summed E-state index contributed by atoms with van der Waals surface area (Å²) in [5, 5.41) is 1.27. The molecule has 0 saturated heterocycles. The molecule has 1 radical (unpaired) electrons. The fraction of sp³-hybridized carbons (Fsp3) is 0.167. The van der Waals surface area contributed by atoms with Crippen molar-refractivity contribution in [3.8, 4) is 0 Å². The Morgan fingerprint density at radius 2 is 2.38 bits per heavy atom. The largest absolute Gasteiger partial charge is 0.355 e. The maximum atomic E-state index is 3.40. The second-order valence-corrected chi connectivity index (χ2v) is 3.42. The third-order valence-corrected chi connectivity index (χ3v) is 2.60. The van der Waals surface area contributed by atoms with E-state index in [1.165, 1.54) is 22.2 Å². The number of rotatable bonds is 0. The molecule has 0 spiro atoms. The number of allylic oxidation sites excluding steroid dienone is 1. The van der Waals surface area contributed by atoms with Gasteiger partial charge in [-0.15, -0.1) is 0 Å². The van der Waals surface area contributed by atoms with E-state index in [0.29, 0.717) is 0 Å². The zero-order chi connectivity index (χ0) is 8.67. The van der Waals surface area contributed by atoms with Crippen LogP contribution in [-0.2, 0) is 6.42 Å². The van der Waals surface area contributed by atoms with Gasteiger partial charge in [-0.1, -0.05) is 18.2 Å². The summed E-state index contributed by atoms with van der Waals surface area (Å²) in [6.07, 6.45) is 6.69. The Morgan fingerprint density at radius 3 is 3.38 bits per heavy atom. The van der Waals surface area contributed by atoms with Gasteiger partial charge in [-0.25, -0.2) is 0 Å². The molecule has 63 valence electrons. The van der Waals surface area contributed by atoms with Crippen LogP contribution >= 0.6 is 0 Å². The standard InChI is InChI=1S/C12H10N/c1-3-7-11-9(5-1)10-6-2-4-8-12(10)13-11/h1,3-4,7-8,13H,2,6H2. The Hall–Kier alpha value is -1.50. The summed E-state index contributed by atoms with van der Waals surface area (Å²) in [6.45, 7) is 0. The molecule has 1 aliphatic rings. The molecule has 0 bridgehead atoms. The van der Waals surface area contributed by atoms with Gasteiger partial charge in [0.2, 0.25) is 0 Å². The van der Waals surface area contributed by atoms with Crippen LogP contribution < -0.4 is 0 Å². The predicted molar refractivity (Wildman–Crippen MR) is 54.5 cm³/mol. The number of aryl methyl sites for hydroxylation is 1. The van der Waals surface area contributed by atoms with E-state index in [-0.39, 0.29) is 0 Å². The van der Waals surface area contributed by atoms with Gasteiger partial charge >= 0.3 is 0 Å². The fourth-order valence-corrected chi connectivity index (χ4v) is 1.98. The molecule has 0 saturated carbocycles. The average molecular weight is 168 g/mol. The highest BCUT2D eigenvalue weighted by molar-refractivity contribution is 5.87. The number of H-pyrrole nitrogens is 1. The van der Waals surface area contributed by atoms with Gasteiger partial charge in [0.05, 0.1) is 0 Å². The Bertz CT molecular complexity index is 477. The minimum Gasteiger partial charge on any atom is -0.355 e. The van der Waals surface area contributed by atoms with Gasteiger partial charge in [-0.05, 0) is 36.6 Å². The summed E-state index contributed by atoms with van der Waals surface area (Å²) in [6, 6.07) is 9.41. The molecule has 13 heavy (non-hydrogen) atoms. The van der Waals surface area contributed by atoms with Crippen LogP contribution in [0.1, 0.15) is 17.7 Å². The lowest BCUT2D eigenvalue weighted by Crippen LogP contribution is -1.90. The number of aromatic nitrogens is 1. The van der Waals surface area contributed by atoms with E-state index in [2.05, 4.69) is 29.3 Å². The zero-order valence-electron chi connectivity index (χ0n) is 7.30. The molecule has 1 N–H and O–H groups in total. The molecule has 0 aliphatic heterocycles. The van der Waals surface area contributed by atoms with Crippen molar-refractivity contribution in [2.75, 3.05) is 0 Å². The first-order valence-corrected chi connectivity index (χ1v) is 4.63. The highest BCUT2D eigenvalue weighted by atomic mass is 14.7. The topological polar surface area (TPSA) is 15.8 Å². The molecule has 1 nitrogen and oxygen atoms in total. The summed E-state index contributed by atoms with van der Waals surface area (Å²) in [5.74, 6) is 0. The molecule has 3 rings (SSSR count). The highest BCUT2D eigenvalue weighted by Crippen LogP contribution is 2.26. The van der Waals surface area contributed by atoms with E-state index in [1.54, 1.807) is 0 Å². The SMILES string of the molecule is [c]1cccc2[nH]c3c(c12)CCC=C3. The molecule has 1 heterocycles. The van der Waals surface area contributed by atoms with Crippen molar-refractivity contribution in [3.05, 3.63) is 41.6 Å². The summed E-state index contributed by atoms with van der Waals surface area (Å²) >= 11 is 0. The first kappa shape index (κ1) is 6.96. The maximum absolute atomic E-state index is 3.40. The van der Waals surface area contributed by atoms with Gasteiger partial charge in [0.25, 0.3) is 0 Å². The van der Waals surface area contributed by atoms with Crippen molar-refractivity contribution in [2.45, 2.75) is 12.8 Å². The molecule has 2 aromatic rings. The quantitative estimate of drug-likeness (QED) is 0.622. The molecule has 0 unspecified atom stereocenters. The van der Waals surface area contributed by atoms with E-state index in [0.717, 1.165) is 12.8 Å². The number of benzene rings is 1. The molecule has 0 fully saturated rings. The molecular weight excluding hydrogens is 158 g/mol. The fourth-order valence-electron chi connectivity index (χ4n) is 1.98. The lowest BCUT2D eigenvalue weighted by atomic mass is 10.0. The van der Waals surface area contributed by atoms with Crippen LogP contribution in [0.5, 0.6) is 0 Å². The van der Waals surface area contributed by atoms with Crippen LogP contribution in [0.25, 0.3) is 17.0 Å². The predicted octanol–water partition coefficient (Wildman–Crippen LogP) is 2.93. The Balaban J connectivity index is 2.41. The van der Waals surface area contributed by atoms with Crippen molar-refractivity contribution in [2.24, 2.45) is 0 Å². The third kappa shape index (κ3) is 0.934. The lowest BCUT2D eigenvalue weighted by Gasteiger charge is -2.03. The van der Waals surface area contributed by atoms with Crippen molar-refractivity contribution >= 4 is 17.0 Å². The van der Waals surface area contributed by atoms with Crippen LogP contribution in [0.15, 0.2) is 24.3 Å². The summed E-state index contributed by atoms with van der Waals surface area (Å²) in [5.41, 5.74) is 3.90. The van der Waals surface area contributed by atoms with E-state index in [1.807, 2.05) is 12.1 Å². The summed E-state index contributed by atoms with van der Waals surface area (Å²) in [4.78, 5) is 3.40. The molecule has 1 aromatic carbocycles. The summed E-state index contributed by atoms with van der Waals surface area (Å²) < 4.78 is 0. The monoisotopic (exact) mass is 168 g/mol. The van der Waals surface area contributed by atoms with Crippen LogP contribution in [0.3, 0.4) is 0 Å². The van der Waals surface area contributed by atoms with Gasteiger partial charge in [-0.3, -0.25) is 0 Å². The summed E-state index contributed by atoms with van der Waals surface area (Å²) in [7, 11) is 0. The Kier molecular flexibility index (Phi) is 1.33. The van der Waals surface area contributed by atoms with Crippen molar-refractivity contribution < 1.29 is 0 Å². The van der Waals surface area contributed by atoms with Crippen LogP contribution in [0.4, 0.5) is 0 Å². The highest BCUT2D eigenvalue weighted by Gasteiger charge is 2.10. The first-order valence-electron chi connectivity index (χ1n) is 4.63. The molecule has 1 heteroatoms. The van der Waals surface area contributed by atoms with Crippen molar-refractivity contribution in [3.63, 3.8) is 0 Å². The minimum absolute atomic E-state index is 1.15. The van der Waals surface area contributed by atoms with Crippen LogP contribution in [0.2, 0.25) is 0 Å². The minimum atomic E-state index is 1.15. The van der Waals surface area contributed by atoms with Gasteiger partial charge in [-0.2, -0.15) is 0 Å². The normalized spacial score (nSPS) is 14.8. The molecule has 1 aromatic heterocycles. The second-order valence-electron chi connectivity index (χ2n) is 3.42. The van der Waals surface area contributed by atoms with Gasteiger partial charge in [0.15, 0.2) is 0 Å². The van der Waals surface area contributed by atoms with Crippen molar-refractivity contribution in [1.29, 1.82) is 0 Å². The molecule has 0 amide bonds. The average Bonchev–Trinajstić information content (AvgIpc) is 2.56. The van der Waals surface area contributed by atoms with Crippen LogP contribution in [0, 0.1) is 6.07 Å². The van der Waals surface area contributed by atoms with E-state index >= 15 is 0 Å². The molecule has 0 atom stereocenters. The van der Waals surface area contributed by atoms with Gasteiger partial charge in [0, 0.05) is 16.6 Å². The van der Waals surface area contributed by atoms with Crippen molar-refractivity contribution in [1.82, 2.24) is 4.98 Å². The number of aromatic amines is 1. The van der Waals surface area contributed by atoms with Gasteiger partial charge < -0.3 is 4.98 Å². The molecule has 1 aliphatic carbocycles. The number of nitrogens with one attached hydrogen (secondary N) is 1. The first-order chi connectivity index (χ1) is 6.45. The molecular formula is C12H10N. The van der Waals surface area contributed by atoms with E-state index in [4.69, 9.17) is 0 Å².